The summed E-state index contributed by atoms with van der Waals surface area (Å²) < 4.78 is 0. The highest BCUT2D eigenvalue weighted by atomic mass is 14.4. The number of allylic oxidation sites excluding steroid dienone is 3. The van der Waals surface area contributed by atoms with Crippen molar-refractivity contribution in [1.29, 1.82) is 0 Å². The molecule has 110 valence electrons. The Morgan fingerprint density at radius 1 is 0.522 bits per heavy atom. The van der Waals surface area contributed by atoms with Crippen LogP contribution >= 0.6 is 0 Å². The molecule has 1 aliphatic rings. The first-order valence-electron chi connectivity index (χ1n) is 8.01. The minimum atomic E-state index is 0.417. The molecule has 0 N–H and O–H groups in total. The van der Waals surface area contributed by atoms with Gasteiger partial charge in [0.05, 0.1) is 0 Å². The van der Waals surface area contributed by atoms with Gasteiger partial charge in [-0.05, 0) is 27.8 Å². The molecule has 0 nitrogen and oxygen atoms in total. The minimum Gasteiger partial charge on any atom is -0.0720 e. The molecule has 0 radical (unpaired) electrons. The van der Waals surface area contributed by atoms with E-state index in [4.69, 9.17) is 0 Å². The van der Waals surface area contributed by atoms with Gasteiger partial charge >= 0.3 is 0 Å². The smallest absolute Gasteiger partial charge is 0.0291 e. The highest BCUT2D eigenvalue weighted by Gasteiger charge is 2.35. The van der Waals surface area contributed by atoms with Crippen molar-refractivity contribution in [3.05, 3.63) is 114 Å². The van der Waals surface area contributed by atoms with Gasteiger partial charge < -0.3 is 0 Å². The summed E-state index contributed by atoms with van der Waals surface area (Å²) in [6.45, 7) is 0. The summed E-state index contributed by atoms with van der Waals surface area (Å²) in [5.41, 5.74) is 6.80. The van der Waals surface area contributed by atoms with Crippen LogP contribution in [0.3, 0.4) is 0 Å². The number of hydrogen-bond donors (Lipinski definition) is 0. The summed E-state index contributed by atoms with van der Waals surface area (Å²) in [5, 5.41) is 0. The van der Waals surface area contributed by atoms with Crippen LogP contribution in [0.2, 0.25) is 0 Å². The first kappa shape index (κ1) is 13.8. The molecule has 0 aromatic heterocycles. The van der Waals surface area contributed by atoms with Crippen LogP contribution in [-0.2, 0) is 0 Å². The van der Waals surface area contributed by atoms with Crippen molar-refractivity contribution in [2.75, 3.05) is 0 Å². The van der Waals surface area contributed by atoms with Crippen molar-refractivity contribution in [2.24, 2.45) is 5.92 Å². The minimum absolute atomic E-state index is 0.417. The number of benzene rings is 3. The average molecular weight is 294 g/mol. The van der Waals surface area contributed by atoms with E-state index in [0.29, 0.717) is 5.92 Å². The lowest BCUT2D eigenvalue weighted by molar-refractivity contribution is 1.28. The van der Waals surface area contributed by atoms with Gasteiger partial charge in [-0.2, -0.15) is 0 Å². The molecule has 0 unspecified atom stereocenters. The molecule has 0 saturated carbocycles. The molecule has 0 spiro atoms. The second kappa shape index (κ2) is 6.10. The van der Waals surface area contributed by atoms with Crippen molar-refractivity contribution in [2.45, 2.75) is 0 Å². The maximum absolute atomic E-state index is 2.32. The molecule has 1 aliphatic carbocycles. The quantitative estimate of drug-likeness (QED) is 0.558. The van der Waals surface area contributed by atoms with E-state index in [1.807, 2.05) is 0 Å². The molecule has 0 aliphatic heterocycles. The van der Waals surface area contributed by atoms with E-state index in [1.54, 1.807) is 0 Å². The zero-order chi connectivity index (χ0) is 15.5. The van der Waals surface area contributed by atoms with Crippen LogP contribution in [0.4, 0.5) is 0 Å². The predicted molar refractivity (Wildman–Crippen MR) is 98.7 cm³/mol. The van der Waals surface area contributed by atoms with Gasteiger partial charge in [0, 0.05) is 5.92 Å². The molecule has 23 heavy (non-hydrogen) atoms. The first-order chi connectivity index (χ1) is 11.4. The Labute approximate surface area is 137 Å². The van der Waals surface area contributed by atoms with Gasteiger partial charge in [0.25, 0.3) is 0 Å². The molecule has 4 rings (SSSR count). The first-order valence-corrected chi connectivity index (χ1v) is 8.01. The van der Waals surface area contributed by atoms with Crippen molar-refractivity contribution in [1.82, 2.24) is 0 Å². The third kappa shape index (κ3) is 2.89. The lowest BCUT2D eigenvalue weighted by atomic mass is 10.1. The summed E-state index contributed by atoms with van der Waals surface area (Å²) in [6, 6.07) is 31.9. The lowest BCUT2D eigenvalue weighted by Crippen LogP contribution is -1.80. The lowest BCUT2D eigenvalue weighted by Gasteiger charge is -1.97. The second-order valence-electron chi connectivity index (χ2n) is 5.81. The second-order valence-corrected chi connectivity index (χ2v) is 5.81. The van der Waals surface area contributed by atoms with Crippen molar-refractivity contribution < 1.29 is 0 Å². The van der Waals surface area contributed by atoms with Gasteiger partial charge in [-0.15, -0.1) is 0 Å². The van der Waals surface area contributed by atoms with Crippen molar-refractivity contribution in [3.63, 3.8) is 0 Å². The molecule has 0 heterocycles. The van der Waals surface area contributed by atoms with E-state index in [9.17, 15) is 0 Å². The van der Waals surface area contributed by atoms with Crippen LogP contribution in [0.15, 0.2) is 97.1 Å². The Bertz CT molecular complexity index is 791. The van der Waals surface area contributed by atoms with Crippen molar-refractivity contribution >= 4 is 17.2 Å². The van der Waals surface area contributed by atoms with Gasteiger partial charge in [-0.1, -0.05) is 103 Å². The zero-order valence-corrected chi connectivity index (χ0v) is 12.9. The fraction of sp³-hybridized carbons (Fsp3) is 0.0435. The predicted octanol–water partition coefficient (Wildman–Crippen LogP) is 5.94. The molecule has 0 bridgehead atoms. The molecular formula is C23H18. The van der Waals surface area contributed by atoms with Gasteiger partial charge in [0.2, 0.25) is 0 Å². The fourth-order valence-corrected chi connectivity index (χ4v) is 3.11. The largest absolute Gasteiger partial charge is 0.0720 e. The topological polar surface area (TPSA) is 0 Å². The Hall–Kier alpha value is -2.86. The van der Waals surface area contributed by atoms with E-state index < -0.39 is 0 Å². The van der Waals surface area contributed by atoms with Gasteiger partial charge in [0.15, 0.2) is 0 Å². The molecular weight excluding hydrogens is 276 g/mol. The molecule has 0 heteroatoms. The Kier molecular flexibility index (Phi) is 3.65. The van der Waals surface area contributed by atoms with Crippen molar-refractivity contribution in [3.8, 4) is 0 Å². The van der Waals surface area contributed by atoms with Gasteiger partial charge in [-0.25, -0.2) is 0 Å². The summed E-state index contributed by atoms with van der Waals surface area (Å²) in [5.74, 6) is 0.417. The van der Waals surface area contributed by atoms with E-state index in [1.165, 1.54) is 27.8 Å². The van der Waals surface area contributed by atoms with Crippen LogP contribution in [0.25, 0.3) is 17.2 Å². The maximum atomic E-state index is 2.32. The number of rotatable bonds is 4. The van der Waals surface area contributed by atoms with Crippen LogP contribution < -0.4 is 0 Å². The molecule has 0 amide bonds. The Balaban J connectivity index is 1.67. The fourth-order valence-electron chi connectivity index (χ4n) is 3.11. The third-order valence-corrected chi connectivity index (χ3v) is 4.28. The van der Waals surface area contributed by atoms with E-state index in [-0.39, 0.29) is 0 Å². The van der Waals surface area contributed by atoms with Gasteiger partial charge in [0.1, 0.15) is 0 Å². The van der Waals surface area contributed by atoms with E-state index in [0.717, 1.165) is 0 Å². The van der Waals surface area contributed by atoms with E-state index >= 15 is 0 Å². The maximum Gasteiger partial charge on any atom is 0.0291 e. The Morgan fingerprint density at radius 2 is 0.957 bits per heavy atom. The molecule has 0 atom stereocenters. The molecule has 3 aromatic rings. The Morgan fingerprint density at radius 3 is 1.43 bits per heavy atom. The highest BCUT2D eigenvalue weighted by Crippen LogP contribution is 2.53. The standard InChI is InChI=1S/C23H18/c1-4-10-18(11-5-1)16-17-21-22(19-12-6-2-7-13-19)23(21)20-14-8-3-9-15-20/h1-17,21H/b17-16-. The average Bonchev–Trinajstić information content (AvgIpc) is 3.37. The SMILES string of the molecule is C(=C/C1C(c2ccccc2)=C1c1ccccc1)/c1ccccc1. The van der Waals surface area contributed by atoms with Crippen LogP contribution in [0, 0.1) is 5.92 Å². The van der Waals surface area contributed by atoms with Crippen LogP contribution in [0.5, 0.6) is 0 Å². The summed E-state index contributed by atoms with van der Waals surface area (Å²) >= 11 is 0. The van der Waals surface area contributed by atoms with E-state index in [2.05, 4.69) is 103 Å². The van der Waals surface area contributed by atoms with Crippen LogP contribution in [0.1, 0.15) is 16.7 Å². The zero-order valence-electron chi connectivity index (χ0n) is 12.9. The highest BCUT2D eigenvalue weighted by molar-refractivity contribution is 6.12. The summed E-state index contributed by atoms with van der Waals surface area (Å²) in [7, 11) is 0. The normalized spacial score (nSPS) is 14.4. The molecule has 3 aromatic carbocycles. The monoisotopic (exact) mass is 294 g/mol. The van der Waals surface area contributed by atoms with Crippen LogP contribution in [-0.4, -0.2) is 0 Å². The summed E-state index contributed by atoms with van der Waals surface area (Å²) in [4.78, 5) is 0. The summed E-state index contributed by atoms with van der Waals surface area (Å²) in [6.07, 6.45) is 4.55. The molecule has 0 saturated heterocycles. The number of hydrogen-bond acceptors (Lipinski definition) is 0. The van der Waals surface area contributed by atoms with Gasteiger partial charge in [-0.3, -0.25) is 0 Å². The molecule has 0 fully saturated rings. The third-order valence-electron chi connectivity index (χ3n) is 4.28.